The van der Waals surface area contributed by atoms with Crippen LogP contribution in [0, 0.1) is 0 Å². The molecule has 0 aliphatic heterocycles. The molecule has 3 heterocycles. The van der Waals surface area contributed by atoms with Crippen molar-refractivity contribution in [2.75, 3.05) is 0 Å². The summed E-state index contributed by atoms with van der Waals surface area (Å²) in [7, 11) is 0. The van der Waals surface area contributed by atoms with Gasteiger partial charge < -0.3 is 9.09 Å². The topological polar surface area (TPSA) is 97.8 Å². The molecule has 5 rings (SSSR count). The van der Waals surface area contributed by atoms with Gasteiger partial charge in [-0.25, -0.2) is 4.79 Å². The standard InChI is InChI=1S/C24H18F3N4O3S/c25-24(26,27)21-17(14-4-2-1-3-5-14)13-19(35-21)23-29-22(30-34-23)16-6-7-18-15(12-16)8-10-31(18)11-9-20(32)33-28/h1-8,10,12-13H,9,11H2,28H3/q+1. The number of rotatable bonds is 6. The van der Waals surface area contributed by atoms with E-state index in [4.69, 9.17) is 4.52 Å². The van der Waals surface area contributed by atoms with Gasteiger partial charge in [-0.2, -0.15) is 24.1 Å². The van der Waals surface area contributed by atoms with E-state index in [9.17, 15) is 18.0 Å². The quantitative estimate of drug-likeness (QED) is 0.324. The van der Waals surface area contributed by atoms with Crippen molar-refractivity contribution in [2.45, 2.75) is 19.1 Å². The van der Waals surface area contributed by atoms with Crippen LogP contribution < -0.4 is 5.90 Å². The number of alkyl halides is 3. The molecule has 0 aliphatic carbocycles. The number of carbonyl (C=O) groups excluding carboxylic acids is 1. The minimum atomic E-state index is -4.51. The lowest BCUT2D eigenvalue weighted by molar-refractivity contribution is -0.657. The van der Waals surface area contributed by atoms with E-state index < -0.39 is 17.0 Å². The summed E-state index contributed by atoms with van der Waals surface area (Å²) in [5.41, 5.74) is 2.08. The summed E-state index contributed by atoms with van der Waals surface area (Å²) in [6, 6.07) is 17.2. The average molecular weight is 499 g/mol. The maximum atomic E-state index is 13.7. The van der Waals surface area contributed by atoms with Crippen molar-refractivity contribution in [3.63, 3.8) is 0 Å². The van der Waals surface area contributed by atoms with Gasteiger partial charge in [0.05, 0.1) is 11.3 Å². The Labute approximate surface area is 200 Å². The SMILES string of the molecule is [NH3+]OC(=O)CCn1ccc2cc(-c3noc(-c4cc(-c5ccccc5)c(C(F)(F)F)s4)n3)ccc21. The Balaban J connectivity index is 1.45. The van der Waals surface area contributed by atoms with E-state index in [1.807, 2.05) is 29.0 Å². The predicted molar refractivity (Wildman–Crippen MR) is 123 cm³/mol. The number of aryl methyl sites for hydroxylation is 1. The van der Waals surface area contributed by atoms with Gasteiger partial charge >= 0.3 is 12.1 Å². The lowest BCUT2D eigenvalue weighted by Gasteiger charge is -2.07. The van der Waals surface area contributed by atoms with Gasteiger partial charge in [-0.05, 0) is 35.9 Å². The van der Waals surface area contributed by atoms with E-state index in [0.29, 0.717) is 29.0 Å². The van der Waals surface area contributed by atoms with Gasteiger partial charge in [-0.1, -0.05) is 35.5 Å². The highest BCUT2D eigenvalue weighted by molar-refractivity contribution is 7.16. The number of aromatic nitrogens is 3. The predicted octanol–water partition coefficient (Wildman–Crippen LogP) is 5.20. The summed E-state index contributed by atoms with van der Waals surface area (Å²) in [6.45, 7) is 0.438. The van der Waals surface area contributed by atoms with Crippen molar-refractivity contribution in [3.8, 4) is 33.3 Å². The molecule has 0 unspecified atom stereocenters. The first-order valence-corrected chi connectivity index (χ1v) is 11.3. The van der Waals surface area contributed by atoms with Crippen LogP contribution in [0.25, 0.3) is 44.2 Å². The molecular formula is C24H18F3N4O3S+. The lowest BCUT2D eigenvalue weighted by Crippen LogP contribution is -2.51. The third-order valence-electron chi connectivity index (χ3n) is 5.46. The molecule has 0 atom stereocenters. The number of carbonyl (C=O) groups is 1. The highest BCUT2D eigenvalue weighted by Crippen LogP contribution is 2.45. The average Bonchev–Trinajstić information content (AvgIpc) is 3.60. The van der Waals surface area contributed by atoms with Gasteiger partial charge in [0.15, 0.2) is 0 Å². The molecule has 11 heteroatoms. The van der Waals surface area contributed by atoms with Gasteiger partial charge in [0.25, 0.3) is 5.89 Å². The van der Waals surface area contributed by atoms with Crippen molar-refractivity contribution in [1.82, 2.24) is 14.7 Å². The molecule has 0 aliphatic rings. The van der Waals surface area contributed by atoms with Crippen molar-refractivity contribution >= 4 is 28.2 Å². The van der Waals surface area contributed by atoms with E-state index in [2.05, 4.69) is 20.9 Å². The van der Waals surface area contributed by atoms with Gasteiger partial charge in [0.1, 0.15) is 4.88 Å². The molecule has 0 saturated carbocycles. The molecule has 178 valence electrons. The van der Waals surface area contributed by atoms with Crippen LogP contribution >= 0.6 is 11.3 Å². The molecule has 3 N–H and O–H groups in total. The first kappa shape index (κ1) is 22.8. The van der Waals surface area contributed by atoms with Crippen LogP contribution in [0.15, 0.2) is 71.4 Å². The second-order valence-electron chi connectivity index (χ2n) is 7.69. The summed E-state index contributed by atoms with van der Waals surface area (Å²) in [5.74, 6) is 2.99. The van der Waals surface area contributed by atoms with Gasteiger partial charge in [0, 0.05) is 34.8 Å². The van der Waals surface area contributed by atoms with Crippen LogP contribution in [-0.4, -0.2) is 20.7 Å². The molecule has 7 nitrogen and oxygen atoms in total. The highest BCUT2D eigenvalue weighted by atomic mass is 32.1. The molecule has 0 bridgehead atoms. The lowest BCUT2D eigenvalue weighted by atomic mass is 10.1. The van der Waals surface area contributed by atoms with Crippen LogP contribution in [0.5, 0.6) is 0 Å². The normalized spacial score (nSPS) is 11.8. The zero-order chi connectivity index (χ0) is 24.6. The maximum absolute atomic E-state index is 13.7. The number of quaternary nitrogens is 1. The number of benzene rings is 2. The smallest absolute Gasteiger partial charge is 0.347 e. The number of hydrogen-bond acceptors (Lipinski definition) is 6. The number of thiophene rings is 1. The van der Waals surface area contributed by atoms with E-state index in [-0.39, 0.29) is 28.6 Å². The molecule has 0 amide bonds. The van der Waals surface area contributed by atoms with Crippen molar-refractivity contribution in [3.05, 3.63) is 71.7 Å². The molecule has 0 radical (unpaired) electrons. The second kappa shape index (κ2) is 9.01. The number of fused-ring (bicyclic) bond motifs is 1. The fraction of sp³-hybridized carbons (Fsp3) is 0.125. The van der Waals surface area contributed by atoms with Crippen molar-refractivity contribution in [2.24, 2.45) is 0 Å². The van der Waals surface area contributed by atoms with Crippen molar-refractivity contribution < 1.29 is 33.2 Å². The van der Waals surface area contributed by atoms with Crippen LogP contribution in [0.1, 0.15) is 11.3 Å². The monoisotopic (exact) mass is 499 g/mol. The molecular weight excluding hydrogens is 481 g/mol. The molecule has 0 fully saturated rings. The summed E-state index contributed by atoms with van der Waals surface area (Å²) < 4.78 is 48.4. The Bertz CT molecular complexity index is 1510. The zero-order valence-electron chi connectivity index (χ0n) is 18.1. The molecule has 0 spiro atoms. The summed E-state index contributed by atoms with van der Waals surface area (Å²) >= 11 is 0.572. The molecule has 35 heavy (non-hydrogen) atoms. The Morgan fingerprint density at radius 1 is 1.09 bits per heavy atom. The molecule has 5 aromatic rings. The Morgan fingerprint density at radius 2 is 1.89 bits per heavy atom. The highest BCUT2D eigenvalue weighted by Gasteiger charge is 2.37. The summed E-state index contributed by atoms with van der Waals surface area (Å²) in [5, 5.41) is 4.87. The molecule has 0 saturated heterocycles. The fourth-order valence-corrected chi connectivity index (χ4v) is 4.77. The Kier molecular flexibility index (Phi) is 5.87. The Hall–Kier alpha value is -3.96. The van der Waals surface area contributed by atoms with Crippen LogP contribution in [-0.2, 0) is 22.4 Å². The second-order valence-corrected chi connectivity index (χ2v) is 8.74. The van der Waals surface area contributed by atoms with Crippen LogP contribution in [0.4, 0.5) is 13.2 Å². The third-order valence-corrected chi connectivity index (χ3v) is 6.63. The van der Waals surface area contributed by atoms with Gasteiger partial charge in [-0.15, -0.1) is 11.3 Å². The van der Waals surface area contributed by atoms with E-state index >= 15 is 0 Å². The molecule has 3 aromatic heterocycles. The third kappa shape index (κ3) is 4.55. The van der Waals surface area contributed by atoms with Crippen molar-refractivity contribution in [1.29, 1.82) is 0 Å². The van der Waals surface area contributed by atoms with E-state index in [1.165, 1.54) is 6.07 Å². The zero-order valence-corrected chi connectivity index (χ0v) is 18.9. The number of halogens is 3. The van der Waals surface area contributed by atoms with Gasteiger partial charge in [-0.3, -0.25) is 4.84 Å². The van der Waals surface area contributed by atoms with Gasteiger partial charge in [0.2, 0.25) is 5.82 Å². The minimum Gasteiger partial charge on any atom is -0.347 e. The molecule has 2 aromatic carbocycles. The number of hydrogen-bond donors (Lipinski definition) is 1. The minimum absolute atomic E-state index is 0.0158. The summed E-state index contributed by atoms with van der Waals surface area (Å²) in [4.78, 5) is 19.7. The van der Waals surface area contributed by atoms with E-state index in [1.54, 1.807) is 36.4 Å². The summed E-state index contributed by atoms with van der Waals surface area (Å²) in [6.07, 6.45) is -2.48. The first-order chi connectivity index (χ1) is 16.8. The fourth-order valence-electron chi connectivity index (χ4n) is 3.80. The first-order valence-electron chi connectivity index (χ1n) is 10.5. The van der Waals surface area contributed by atoms with Crippen LogP contribution in [0.2, 0.25) is 0 Å². The number of nitrogens with zero attached hydrogens (tertiary/aromatic N) is 3. The largest absolute Gasteiger partial charge is 0.426 e. The maximum Gasteiger partial charge on any atom is 0.426 e. The Morgan fingerprint density at radius 3 is 2.63 bits per heavy atom. The van der Waals surface area contributed by atoms with E-state index in [0.717, 1.165) is 10.9 Å². The van der Waals surface area contributed by atoms with Crippen LogP contribution in [0.3, 0.4) is 0 Å².